The molecule has 1 saturated heterocycles. The molecule has 1 fully saturated rings. The van der Waals surface area contributed by atoms with E-state index in [0.717, 1.165) is 12.8 Å². The minimum atomic E-state index is -4.26. The minimum Gasteiger partial charge on any atom is -0.342 e. The van der Waals surface area contributed by atoms with Gasteiger partial charge in [-0.05, 0) is 18.3 Å². The summed E-state index contributed by atoms with van der Waals surface area (Å²) in [6, 6.07) is 0. The average Bonchev–Trinajstić information content (AvgIpc) is 2.15. The van der Waals surface area contributed by atoms with Gasteiger partial charge in [-0.25, -0.2) is 0 Å². The van der Waals surface area contributed by atoms with Crippen LogP contribution in [-0.2, 0) is 4.79 Å². The van der Waals surface area contributed by atoms with E-state index in [0.29, 0.717) is 13.1 Å². The van der Waals surface area contributed by atoms with Gasteiger partial charge in [0, 0.05) is 13.1 Å². The third kappa shape index (κ3) is 5.39. The number of carbonyl (C=O) groups is 1. The maximum atomic E-state index is 11.9. The standard InChI is InChI=1S/C11H19F3N2O/c1-10(2)3-5-16(6-4-10)9(17)7-15-8-11(12,13)14/h15H,3-8H2,1-2H3. The zero-order chi connectivity index (χ0) is 13.1. The van der Waals surface area contributed by atoms with Gasteiger partial charge >= 0.3 is 6.18 Å². The molecule has 0 bridgehead atoms. The van der Waals surface area contributed by atoms with Crippen LogP contribution in [-0.4, -0.2) is 43.2 Å². The Bertz CT molecular complexity index is 266. The van der Waals surface area contributed by atoms with Crippen molar-refractivity contribution < 1.29 is 18.0 Å². The van der Waals surface area contributed by atoms with Crippen molar-refractivity contribution in [2.75, 3.05) is 26.2 Å². The van der Waals surface area contributed by atoms with Gasteiger partial charge in [-0.2, -0.15) is 13.2 Å². The molecule has 100 valence electrons. The summed E-state index contributed by atoms with van der Waals surface area (Å²) in [6.07, 6.45) is -2.46. The highest BCUT2D eigenvalue weighted by atomic mass is 19.4. The maximum absolute atomic E-state index is 11.9. The van der Waals surface area contributed by atoms with Crippen molar-refractivity contribution in [3.05, 3.63) is 0 Å². The van der Waals surface area contributed by atoms with Crippen LogP contribution in [0.15, 0.2) is 0 Å². The number of amides is 1. The lowest BCUT2D eigenvalue weighted by Crippen LogP contribution is -2.45. The molecule has 1 aliphatic rings. The predicted octanol–water partition coefficient (Wildman–Crippen LogP) is 1.79. The van der Waals surface area contributed by atoms with E-state index in [2.05, 4.69) is 19.2 Å². The molecule has 0 aromatic heterocycles. The normalized spacial score (nSPS) is 20.4. The Hall–Kier alpha value is -0.780. The molecule has 1 N–H and O–H groups in total. The Labute approximate surface area is 99.4 Å². The molecule has 0 atom stereocenters. The van der Waals surface area contributed by atoms with Crippen molar-refractivity contribution in [3.63, 3.8) is 0 Å². The van der Waals surface area contributed by atoms with E-state index in [1.165, 1.54) is 0 Å². The topological polar surface area (TPSA) is 32.3 Å². The third-order valence-electron chi connectivity index (χ3n) is 3.07. The number of hydrogen-bond donors (Lipinski definition) is 1. The summed E-state index contributed by atoms with van der Waals surface area (Å²) in [6.45, 7) is 4.20. The third-order valence-corrected chi connectivity index (χ3v) is 3.07. The van der Waals surface area contributed by atoms with Crippen molar-refractivity contribution in [1.29, 1.82) is 0 Å². The molecule has 6 heteroatoms. The molecule has 1 amide bonds. The Morgan fingerprint density at radius 2 is 1.82 bits per heavy atom. The molecule has 0 unspecified atom stereocenters. The number of halogens is 3. The maximum Gasteiger partial charge on any atom is 0.401 e. The minimum absolute atomic E-state index is 0.232. The van der Waals surface area contributed by atoms with E-state index in [1.54, 1.807) is 4.90 Å². The van der Waals surface area contributed by atoms with E-state index in [9.17, 15) is 18.0 Å². The number of hydrogen-bond acceptors (Lipinski definition) is 2. The fraction of sp³-hybridized carbons (Fsp3) is 0.909. The van der Waals surface area contributed by atoms with Crippen LogP contribution in [0.5, 0.6) is 0 Å². The molecule has 0 aromatic carbocycles. The predicted molar refractivity (Wildman–Crippen MR) is 58.5 cm³/mol. The molecule has 0 saturated carbocycles. The molecule has 1 heterocycles. The van der Waals surface area contributed by atoms with Crippen LogP contribution >= 0.6 is 0 Å². The van der Waals surface area contributed by atoms with Crippen LogP contribution in [0.2, 0.25) is 0 Å². The Balaban J connectivity index is 2.25. The van der Waals surface area contributed by atoms with E-state index in [4.69, 9.17) is 0 Å². The summed E-state index contributed by atoms with van der Waals surface area (Å²) in [5.41, 5.74) is 0.232. The first kappa shape index (κ1) is 14.3. The van der Waals surface area contributed by atoms with Crippen LogP contribution in [0.4, 0.5) is 13.2 Å². The van der Waals surface area contributed by atoms with Gasteiger partial charge in [0.2, 0.25) is 5.91 Å². The molecule has 0 radical (unpaired) electrons. The van der Waals surface area contributed by atoms with Crippen molar-refractivity contribution in [1.82, 2.24) is 10.2 Å². The molecule has 17 heavy (non-hydrogen) atoms. The number of carbonyl (C=O) groups excluding carboxylic acids is 1. The summed E-state index contributed by atoms with van der Waals surface area (Å²) in [4.78, 5) is 13.2. The second-order valence-electron chi connectivity index (χ2n) is 5.26. The van der Waals surface area contributed by atoms with Crippen LogP contribution in [0, 0.1) is 5.41 Å². The number of rotatable bonds is 3. The Morgan fingerprint density at radius 3 is 2.29 bits per heavy atom. The largest absolute Gasteiger partial charge is 0.401 e. The van der Waals surface area contributed by atoms with Gasteiger partial charge in [0.25, 0.3) is 0 Å². The first-order valence-corrected chi connectivity index (χ1v) is 5.75. The molecule has 1 aliphatic heterocycles. The lowest BCUT2D eigenvalue weighted by Gasteiger charge is -2.37. The van der Waals surface area contributed by atoms with E-state index in [1.807, 2.05) is 0 Å². The molecule has 0 aromatic rings. The highest BCUT2D eigenvalue weighted by molar-refractivity contribution is 5.78. The summed E-state index contributed by atoms with van der Waals surface area (Å²) >= 11 is 0. The fourth-order valence-electron chi connectivity index (χ4n) is 1.78. The van der Waals surface area contributed by atoms with E-state index < -0.39 is 12.7 Å². The van der Waals surface area contributed by atoms with Gasteiger partial charge in [0.15, 0.2) is 0 Å². The number of alkyl halides is 3. The van der Waals surface area contributed by atoms with Crippen molar-refractivity contribution in [3.8, 4) is 0 Å². The van der Waals surface area contributed by atoms with Gasteiger partial charge in [-0.3, -0.25) is 4.79 Å². The summed E-state index contributed by atoms with van der Waals surface area (Å²) in [7, 11) is 0. The Morgan fingerprint density at radius 1 is 1.29 bits per heavy atom. The monoisotopic (exact) mass is 252 g/mol. The molecular weight excluding hydrogens is 233 g/mol. The summed E-state index contributed by atoms with van der Waals surface area (Å²) in [5.74, 6) is -0.246. The van der Waals surface area contributed by atoms with Crippen LogP contribution in [0.25, 0.3) is 0 Å². The van der Waals surface area contributed by atoms with Crippen molar-refractivity contribution >= 4 is 5.91 Å². The second kappa shape index (κ2) is 5.25. The SMILES string of the molecule is CC1(C)CCN(C(=O)CNCC(F)(F)F)CC1. The van der Waals surface area contributed by atoms with E-state index >= 15 is 0 Å². The van der Waals surface area contributed by atoms with Crippen LogP contribution in [0.1, 0.15) is 26.7 Å². The number of piperidine rings is 1. The van der Waals surface area contributed by atoms with E-state index in [-0.39, 0.29) is 17.9 Å². The lowest BCUT2D eigenvalue weighted by atomic mass is 9.83. The highest BCUT2D eigenvalue weighted by Crippen LogP contribution is 2.29. The number of nitrogens with one attached hydrogen (secondary N) is 1. The zero-order valence-electron chi connectivity index (χ0n) is 10.2. The molecule has 0 spiro atoms. The second-order valence-corrected chi connectivity index (χ2v) is 5.26. The van der Waals surface area contributed by atoms with Gasteiger partial charge < -0.3 is 10.2 Å². The van der Waals surface area contributed by atoms with Crippen LogP contribution < -0.4 is 5.32 Å². The molecule has 3 nitrogen and oxygen atoms in total. The van der Waals surface area contributed by atoms with Gasteiger partial charge in [-0.1, -0.05) is 13.8 Å². The first-order valence-electron chi connectivity index (χ1n) is 5.75. The fourth-order valence-corrected chi connectivity index (χ4v) is 1.78. The highest BCUT2D eigenvalue weighted by Gasteiger charge is 2.29. The summed E-state index contributed by atoms with van der Waals surface area (Å²) < 4.78 is 35.6. The molecular formula is C11H19F3N2O. The molecule has 1 rings (SSSR count). The lowest BCUT2D eigenvalue weighted by molar-refractivity contribution is -0.135. The van der Waals surface area contributed by atoms with Crippen LogP contribution in [0.3, 0.4) is 0 Å². The van der Waals surface area contributed by atoms with Crippen molar-refractivity contribution in [2.45, 2.75) is 32.9 Å². The molecule has 0 aliphatic carbocycles. The smallest absolute Gasteiger partial charge is 0.342 e. The van der Waals surface area contributed by atoms with Gasteiger partial charge in [0.05, 0.1) is 13.1 Å². The van der Waals surface area contributed by atoms with Gasteiger partial charge in [0.1, 0.15) is 0 Å². The Kier molecular flexibility index (Phi) is 4.41. The average molecular weight is 252 g/mol. The number of likely N-dealkylation sites (tertiary alicyclic amines) is 1. The zero-order valence-corrected chi connectivity index (χ0v) is 10.2. The summed E-state index contributed by atoms with van der Waals surface area (Å²) in [5, 5.41) is 2.13. The number of nitrogens with zero attached hydrogens (tertiary/aromatic N) is 1. The quantitative estimate of drug-likeness (QED) is 0.830. The van der Waals surface area contributed by atoms with Crippen molar-refractivity contribution in [2.24, 2.45) is 5.41 Å². The van der Waals surface area contributed by atoms with Gasteiger partial charge in [-0.15, -0.1) is 0 Å². The first-order chi connectivity index (χ1) is 7.70.